The second-order valence-electron chi connectivity index (χ2n) is 4.20. The fourth-order valence-electron chi connectivity index (χ4n) is 1.49. The summed E-state index contributed by atoms with van der Waals surface area (Å²) < 4.78 is 0.864. The standard InChI is InChI=1S/C15H14BrN3O/c1-11-2-4-12(5-3-11)8-9-17-15(20)19-14-7-6-13(16)10-18-14/h2-10H,1H3,(H2,17,18,19,20)/b9-8+. The summed E-state index contributed by atoms with van der Waals surface area (Å²) in [5, 5.41) is 5.26. The molecule has 0 bridgehead atoms. The number of hydrogen-bond donors (Lipinski definition) is 2. The molecule has 0 saturated heterocycles. The number of anilines is 1. The topological polar surface area (TPSA) is 54.0 Å². The summed E-state index contributed by atoms with van der Waals surface area (Å²) in [6.07, 6.45) is 5.05. The molecule has 1 aromatic heterocycles. The lowest BCUT2D eigenvalue weighted by atomic mass is 10.1. The third-order valence-electron chi connectivity index (χ3n) is 2.54. The molecule has 0 aliphatic heterocycles. The highest BCUT2D eigenvalue weighted by molar-refractivity contribution is 9.10. The summed E-state index contributed by atoms with van der Waals surface area (Å²) >= 11 is 3.28. The minimum Gasteiger partial charge on any atom is -0.314 e. The smallest absolute Gasteiger partial charge is 0.314 e. The van der Waals surface area contributed by atoms with E-state index >= 15 is 0 Å². The number of nitrogens with one attached hydrogen (secondary N) is 2. The second-order valence-corrected chi connectivity index (χ2v) is 5.12. The molecular formula is C15H14BrN3O. The fraction of sp³-hybridized carbons (Fsp3) is 0.0667. The van der Waals surface area contributed by atoms with Crippen LogP contribution in [0.15, 0.2) is 53.3 Å². The van der Waals surface area contributed by atoms with Gasteiger partial charge in [-0.1, -0.05) is 29.8 Å². The Kier molecular flexibility index (Phi) is 4.90. The number of halogens is 1. The molecule has 0 atom stereocenters. The Hall–Kier alpha value is -2.14. The number of aryl methyl sites for hydroxylation is 1. The average molecular weight is 332 g/mol. The number of urea groups is 1. The number of aromatic nitrogens is 1. The number of nitrogens with zero attached hydrogens (tertiary/aromatic N) is 1. The number of carbonyl (C=O) groups is 1. The number of hydrogen-bond acceptors (Lipinski definition) is 2. The van der Waals surface area contributed by atoms with Crippen LogP contribution in [0.2, 0.25) is 0 Å². The summed E-state index contributed by atoms with van der Waals surface area (Å²) in [5.74, 6) is 0.495. The molecule has 0 aliphatic carbocycles. The van der Waals surface area contributed by atoms with Crippen molar-refractivity contribution >= 4 is 33.9 Å². The summed E-state index contributed by atoms with van der Waals surface area (Å²) in [4.78, 5) is 15.7. The van der Waals surface area contributed by atoms with E-state index < -0.39 is 0 Å². The molecular weight excluding hydrogens is 318 g/mol. The maximum atomic E-state index is 11.6. The van der Waals surface area contributed by atoms with Gasteiger partial charge in [-0.15, -0.1) is 0 Å². The van der Waals surface area contributed by atoms with Crippen LogP contribution >= 0.6 is 15.9 Å². The van der Waals surface area contributed by atoms with Gasteiger partial charge < -0.3 is 5.32 Å². The third kappa shape index (κ3) is 4.51. The van der Waals surface area contributed by atoms with E-state index in [4.69, 9.17) is 0 Å². The summed E-state index contributed by atoms with van der Waals surface area (Å²) in [6, 6.07) is 11.2. The van der Waals surface area contributed by atoms with Gasteiger partial charge in [-0.25, -0.2) is 9.78 Å². The lowest BCUT2D eigenvalue weighted by molar-refractivity contribution is 0.255. The molecule has 5 heteroatoms. The maximum Gasteiger partial charge on any atom is 0.324 e. The number of amides is 2. The molecule has 0 fully saturated rings. The molecule has 0 unspecified atom stereocenters. The normalized spacial score (nSPS) is 10.5. The minimum atomic E-state index is -0.330. The molecule has 0 aliphatic rings. The van der Waals surface area contributed by atoms with Gasteiger partial charge in [0, 0.05) is 16.9 Å². The van der Waals surface area contributed by atoms with Gasteiger partial charge in [0.05, 0.1) is 0 Å². The average Bonchev–Trinajstić information content (AvgIpc) is 2.44. The maximum absolute atomic E-state index is 11.6. The van der Waals surface area contributed by atoms with Gasteiger partial charge in [-0.2, -0.15) is 0 Å². The van der Waals surface area contributed by atoms with Gasteiger partial charge in [0.15, 0.2) is 0 Å². The first-order valence-corrected chi connectivity index (χ1v) is 6.85. The van der Waals surface area contributed by atoms with Crippen LogP contribution in [0.1, 0.15) is 11.1 Å². The molecule has 2 amide bonds. The zero-order chi connectivity index (χ0) is 14.4. The SMILES string of the molecule is Cc1ccc(/C=C/NC(=O)Nc2ccc(Br)cn2)cc1. The van der Waals surface area contributed by atoms with Crippen LogP contribution in [0, 0.1) is 6.92 Å². The van der Waals surface area contributed by atoms with E-state index in [9.17, 15) is 4.79 Å². The van der Waals surface area contributed by atoms with Gasteiger partial charge in [-0.3, -0.25) is 5.32 Å². The van der Waals surface area contributed by atoms with Gasteiger partial charge in [0.1, 0.15) is 5.82 Å². The summed E-state index contributed by atoms with van der Waals surface area (Å²) in [7, 11) is 0. The van der Waals surface area contributed by atoms with E-state index in [1.807, 2.05) is 43.3 Å². The molecule has 4 nitrogen and oxygen atoms in total. The van der Waals surface area contributed by atoms with E-state index in [1.54, 1.807) is 18.5 Å². The molecule has 1 aromatic carbocycles. The Morgan fingerprint density at radius 2 is 1.95 bits per heavy atom. The zero-order valence-corrected chi connectivity index (χ0v) is 12.5. The molecule has 0 saturated carbocycles. The van der Waals surface area contributed by atoms with Gasteiger partial charge in [0.25, 0.3) is 0 Å². The Morgan fingerprint density at radius 3 is 2.60 bits per heavy atom. The minimum absolute atomic E-state index is 0.330. The quantitative estimate of drug-likeness (QED) is 0.894. The Labute approximate surface area is 126 Å². The van der Waals surface area contributed by atoms with E-state index in [0.29, 0.717) is 5.82 Å². The molecule has 2 N–H and O–H groups in total. The molecule has 2 aromatic rings. The van der Waals surface area contributed by atoms with Crippen LogP contribution in [0.5, 0.6) is 0 Å². The monoisotopic (exact) mass is 331 g/mol. The van der Waals surface area contributed by atoms with Gasteiger partial charge in [0.2, 0.25) is 0 Å². The van der Waals surface area contributed by atoms with Gasteiger partial charge in [-0.05, 0) is 46.6 Å². The Bertz CT molecular complexity index is 606. The highest BCUT2D eigenvalue weighted by atomic mass is 79.9. The van der Waals surface area contributed by atoms with Crippen LogP contribution in [-0.2, 0) is 0 Å². The molecule has 20 heavy (non-hydrogen) atoms. The fourth-order valence-corrected chi connectivity index (χ4v) is 1.73. The van der Waals surface area contributed by atoms with Crippen molar-refractivity contribution in [2.24, 2.45) is 0 Å². The molecule has 0 spiro atoms. The third-order valence-corrected chi connectivity index (χ3v) is 3.01. The second kappa shape index (κ2) is 6.86. The molecule has 102 valence electrons. The van der Waals surface area contributed by atoms with Crippen molar-refractivity contribution < 1.29 is 4.79 Å². The van der Waals surface area contributed by atoms with Crippen molar-refractivity contribution in [2.75, 3.05) is 5.32 Å². The van der Waals surface area contributed by atoms with E-state index in [-0.39, 0.29) is 6.03 Å². The lowest BCUT2D eigenvalue weighted by Gasteiger charge is -2.03. The first-order chi connectivity index (χ1) is 9.63. The van der Waals surface area contributed by atoms with E-state index in [0.717, 1.165) is 10.0 Å². The number of rotatable bonds is 3. The number of carbonyl (C=O) groups excluding carboxylic acids is 1. The van der Waals surface area contributed by atoms with Crippen LogP contribution in [0.3, 0.4) is 0 Å². The molecule has 2 rings (SSSR count). The highest BCUT2D eigenvalue weighted by Gasteiger charge is 1.99. The van der Waals surface area contributed by atoms with Crippen LogP contribution < -0.4 is 10.6 Å². The van der Waals surface area contributed by atoms with Crippen molar-refractivity contribution in [1.82, 2.24) is 10.3 Å². The first kappa shape index (κ1) is 14.3. The summed E-state index contributed by atoms with van der Waals surface area (Å²) in [6.45, 7) is 2.03. The first-order valence-electron chi connectivity index (χ1n) is 6.06. The van der Waals surface area contributed by atoms with Crippen molar-refractivity contribution in [1.29, 1.82) is 0 Å². The van der Waals surface area contributed by atoms with Crippen LogP contribution in [0.25, 0.3) is 6.08 Å². The Morgan fingerprint density at radius 1 is 1.20 bits per heavy atom. The van der Waals surface area contributed by atoms with Crippen molar-refractivity contribution in [2.45, 2.75) is 6.92 Å². The molecule has 1 heterocycles. The Balaban J connectivity index is 1.85. The van der Waals surface area contributed by atoms with E-state index in [1.165, 1.54) is 5.56 Å². The van der Waals surface area contributed by atoms with Gasteiger partial charge >= 0.3 is 6.03 Å². The lowest BCUT2D eigenvalue weighted by Crippen LogP contribution is -2.24. The zero-order valence-electron chi connectivity index (χ0n) is 10.9. The summed E-state index contributed by atoms with van der Waals surface area (Å²) in [5.41, 5.74) is 2.23. The van der Waals surface area contributed by atoms with Crippen molar-refractivity contribution in [3.05, 3.63) is 64.4 Å². The number of benzene rings is 1. The van der Waals surface area contributed by atoms with Crippen LogP contribution in [0.4, 0.5) is 10.6 Å². The molecule has 0 radical (unpaired) electrons. The van der Waals surface area contributed by atoms with Crippen LogP contribution in [-0.4, -0.2) is 11.0 Å². The predicted octanol–water partition coefficient (Wildman–Crippen LogP) is 3.94. The van der Waals surface area contributed by atoms with Crippen molar-refractivity contribution in [3.63, 3.8) is 0 Å². The predicted molar refractivity (Wildman–Crippen MR) is 84.3 cm³/mol. The number of pyridine rings is 1. The van der Waals surface area contributed by atoms with E-state index in [2.05, 4.69) is 31.5 Å². The highest BCUT2D eigenvalue weighted by Crippen LogP contribution is 2.10. The largest absolute Gasteiger partial charge is 0.324 e. The van der Waals surface area contributed by atoms with Crippen molar-refractivity contribution in [3.8, 4) is 0 Å².